The summed E-state index contributed by atoms with van der Waals surface area (Å²) in [6.45, 7) is 1.33. The Labute approximate surface area is 159 Å². The van der Waals surface area contributed by atoms with Gasteiger partial charge in [-0.1, -0.05) is 24.9 Å². The monoisotopic (exact) mass is 398 g/mol. The molecule has 1 aliphatic heterocycles. The summed E-state index contributed by atoms with van der Waals surface area (Å²) in [7, 11) is 0. The number of aliphatic hydroxyl groups excluding tert-OH is 3. The number of azide groups is 1. The molecule has 1 aromatic rings. The van der Waals surface area contributed by atoms with Crippen LogP contribution in [0, 0.1) is 0 Å². The molecular formula is C15H22N6O7. The van der Waals surface area contributed by atoms with Crippen LogP contribution in [0.1, 0.15) is 32.4 Å². The van der Waals surface area contributed by atoms with Crippen molar-refractivity contribution in [2.24, 2.45) is 5.11 Å². The molecule has 4 N–H and O–H groups in total. The summed E-state index contributed by atoms with van der Waals surface area (Å²) in [4.78, 5) is 30.0. The van der Waals surface area contributed by atoms with Gasteiger partial charge in [-0.3, -0.25) is 9.88 Å². The van der Waals surface area contributed by atoms with Crippen molar-refractivity contribution in [1.29, 1.82) is 0 Å². The molecule has 4 atom stereocenters. The minimum atomic E-state index is -2.14. The van der Waals surface area contributed by atoms with E-state index >= 15 is 0 Å². The van der Waals surface area contributed by atoms with Gasteiger partial charge >= 0.3 is 11.8 Å². The van der Waals surface area contributed by atoms with Gasteiger partial charge in [0.05, 0.1) is 13.2 Å². The van der Waals surface area contributed by atoms with Crippen LogP contribution >= 0.6 is 0 Å². The number of aromatic nitrogens is 2. The van der Waals surface area contributed by atoms with E-state index in [9.17, 15) is 24.9 Å². The second-order valence-corrected chi connectivity index (χ2v) is 6.11. The lowest BCUT2D eigenvalue weighted by atomic mass is 10.1. The van der Waals surface area contributed by atoms with Crippen LogP contribution in [-0.4, -0.2) is 62.1 Å². The average molecular weight is 398 g/mol. The summed E-state index contributed by atoms with van der Waals surface area (Å²) >= 11 is 0. The fourth-order valence-corrected chi connectivity index (χ4v) is 2.65. The van der Waals surface area contributed by atoms with Crippen LogP contribution in [0.25, 0.3) is 10.4 Å². The van der Waals surface area contributed by atoms with Gasteiger partial charge in [-0.15, -0.1) is 0 Å². The Morgan fingerprint density at radius 1 is 1.54 bits per heavy atom. The van der Waals surface area contributed by atoms with Crippen molar-refractivity contribution in [3.8, 4) is 0 Å². The highest BCUT2D eigenvalue weighted by molar-refractivity contribution is 5.83. The maximum Gasteiger partial charge on any atom is 0.412 e. The number of carbonyl (C=O) groups excluding carboxylic acids is 1. The number of aliphatic hydroxyl groups is 3. The lowest BCUT2D eigenvalue weighted by Gasteiger charge is -2.23. The van der Waals surface area contributed by atoms with E-state index in [1.807, 2.05) is 6.92 Å². The Hall–Kier alpha value is -2.70. The van der Waals surface area contributed by atoms with Gasteiger partial charge in [0.2, 0.25) is 5.72 Å². The van der Waals surface area contributed by atoms with Crippen LogP contribution in [0.5, 0.6) is 0 Å². The second kappa shape index (κ2) is 9.48. The van der Waals surface area contributed by atoms with Gasteiger partial charge in [0.15, 0.2) is 6.23 Å². The molecule has 1 fully saturated rings. The normalized spacial score (nSPS) is 26.5. The number of carbonyl (C=O) groups is 1. The predicted octanol–water partition coefficient (Wildman–Crippen LogP) is 0.231. The lowest BCUT2D eigenvalue weighted by molar-refractivity contribution is -0.125. The van der Waals surface area contributed by atoms with Crippen LogP contribution in [0.4, 0.5) is 10.6 Å². The quantitative estimate of drug-likeness (QED) is 0.207. The molecule has 1 aromatic heterocycles. The number of hydrogen-bond acceptors (Lipinski definition) is 9. The first-order valence-corrected chi connectivity index (χ1v) is 8.62. The Morgan fingerprint density at radius 3 is 2.89 bits per heavy atom. The van der Waals surface area contributed by atoms with E-state index in [1.165, 1.54) is 6.07 Å². The molecule has 0 radical (unpaired) electrons. The molecule has 1 saturated heterocycles. The van der Waals surface area contributed by atoms with Gasteiger partial charge < -0.3 is 24.8 Å². The van der Waals surface area contributed by atoms with Crippen molar-refractivity contribution in [3.05, 3.63) is 33.2 Å². The van der Waals surface area contributed by atoms with Crippen molar-refractivity contribution in [1.82, 2.24) is 9.55 Å². The summed E-state index contributed by atoms with van der Waals surface area (Å²) in [5, 5.41) is 35.1. The van der Waals surface area contributed by atoms with Crippen molar-refractivity contribution in [3.63, 3.8) is 0 Å². The van der Waals surface area contributed by atoms with E-state index in [-0.39, 0.29) is 12.4 Å². The van der Waals surface area contributed by atoms with Gasteiger partial charge in [-0.2, -0.15) is 4.98 Å². The molecule has 0 aliphatic carbocycles. The third-order valence-corrected chi connectivity index (χ3v) is 4.16. The van der Waals surface area contributed by atoms with Crippen LogP contribution in [0.15, 0.2) is 22.2 Å². The van der Waals surface area contributed by atoms with Crippen molar-refractivity contribution >= 4 is 11.9 Å². The maximum atomic E-state index is 12.2. The molecular weight excluding hydrogens is 376 g/mol. The van der Waals surface area contributed by atoms with Gasteiger partial charge in [-0.05, 0) is 18.0 Å². The zero-order chi connectivity index (χ0) is 20.7. The summed E-state index contributed by atoms with van der Waals surface area (Å²) < 4.78 is 11.0. The Morgan fingerprint density at radius 2 is 2.29 bits per heavy atom. The number of hydrogen-bond donors (Lipinski definition) is 4. The van der Waals surface area contributed by atoms with E-state index in [1.54, 1.807) is 0 Å². The van der Waals surface area contributed by atoms with Crippen molar-refractivity contribution < 1.29 is 29.6 Å². The van der Waals surface area contributed by atoms with Crippen LogP contribution in [0.3, 0.4) is 0 Å². The number of ether oxygens (including phenoxy) is 2. The van der Waals surface area contributed by atoms with Gasteiger partial charge in [-0.25, -0.2) is 9.59 Å². The fourth-order valence-electron chi connectivity index (χ4n) is 2.65. The van der Waals surface area contributed by atoms with E-state index < -0.39 is 42.6 Å². The predicted molar refractivity (Wildman–Crippen MR) is 94.1 cm³/mol. The largest absolute Gasteiger partial charge is 0.449 e. The molecule has 2 heterocycles. The van der Waals surface area contributed by atoms with Gasteiger partial charge in [0.25, 0.3) is 0 Å². The summed E-state index contributed by atoms with van der Waals surface area (Å²) in [5.41, 5.74) is 5.53. The van der Waals surface area contributed by atoms with Gasteiger partial charge in [0.1, 0.15) is 18.0 Å². The number of anilines is 1. The highest BCUT2D eigenvalue weighted by atomic mass is 16.6. The summed E-state index contributed by atoms with van der Waals surface area (Å²) in [6.07, 6.45) is -1.92. The molecule has 13 nitrogen and oxygen atoms in total. The highest BCUT2D eigenvalue weighted by Gasteiger charge is 2.54. The molecule has 0 aromatic carbocycles. The van der Waals surface area contributed by atoms with Crippen LogP contribution < -0.4 is 11.0 Å². The Kier molecular flexibility index (Phi) is 7.31. The smallest absolute Gasteiger partial charge is 0.412 e. The first-order valence-electron chi connectivity index (χ1n) is 8.62. The standard InChI is InChI=1S/C15H22N6O7/c1-2-3-4-7-27-14(26)18-9-5-6-21(13(25)17-9)12-10(23)11(24)15(8-22,28-12)19-20-16/h5-6,10-12,22-24H,2-4,7-8H2,1H3,(H,17,18,25,26)/t10-,11+,12?,15-/m1/s1. The third kappa shape index (κ3) is 4.58. The fraction of sp³-hybridized carbons (Fsp3) is 0.667. The van der Waals surface area contributed by atoms with E-state index in [2.05, 4.69) is 20.3 Å². The summed E-state index contributed by atoms with van der Waals surface area (Å²) in [6, 6.07) is 1.25. The second-order valence-electron chi connectivity index (χ2n) is 6.11. The maximum absolute atomic E-state index is 12.2. The van der Waals surface area contributed by atoms with E-state index in [0.29, 0.717) is 0 Å². The first-order chi connectivity index (χ1) is 13.4. The number of nitrogens with one attached hydrogen (secondary N) is 1. The minimum absolute atomic E-state index is 0.0850. The SMILES string of the molecule is CCCCCOC(=O)Nc1ccn(C2O[C@@](CO)(N=[N+]=[N-])[C@@H](O)[C@H]2O)c(=O)n1. The molecule has 154 valence electrons. The number of amides is 1. The molecule has 13 heteroatoms. The van der Waals surface area contributed by atoms with Crippen molar-refractivity contribution in [2.75, 3.05) is 18.5 Å². The molecule has 2 rings (SSSR count). The molecule has 0 saturated carbocycles. The van der Waals surface area contributed by atoms with Crippen LogP contribution in [0.2, 0.25) is 0 Å². The van der Waals surface area contributed by atoms with Crippen LogP contribution in [-0.2, 0) is 9.47 Å². The zero-order valence-corrected chi connectivity index (χ0v) is 15.1. The molecule has 0 spiro atoms. The molecule has 0 bridgehead atoms. The number of nitrogens with zero attached hydrogens (tertiary/aromatic N) is 5. The highest BCUT2D eigenvalue weighted by Crippen LogP contribution is 2.37. The summed E-state index contributed by atoms with van der Waals surface area (Å²) in [5.74, 6) is -0.0850. The van der Waals surface area contributed by atoms with Crippen molar-refractivity contribution in [2.45, 2.75) is 50.3 Å². The third-order valence-electron chi connectivity index (χ3n) is 4.16. The molecule has 1 aliphatic rings. The number of rotatable bonds is 8. The molecule has 1 unspecified atom stereocenters. The molecule has 28 heavy (non-hydrogen) atoms. The number of unbranched alkanes of at least 4 members (excludes halogenated alkanes) is 2. The van der Waals surface area contributed by atoms with Gasteiger partial charge in [0, 0.05) is 11.1 Å². The first kappa shape index (κ1) is 21.6. The Bertz CT molecular complexity index is 795. The Balaban J connectivity index is 2.11. The molecule has 1 amide bonds. The lowest BCUT2D eigenvalue weighted by Crippen LogP contribution is -2.44. The average Bonchev–Trinajstić information content (AvgIpc) is 2.91. The topological polar surface area (TPSA) is 192 Å². The van der Waals surface area contributed by atoms with E-state index in [4.69, 9.17) is 15.0 Å². The zero-order valence-electron chi connectivity index (χ0n) is 15.1. The minimum Gasteiger partial charge on any atom is -0.449 e. The van der Waals surface area contributed by atoms with E-state index in [0.717, 1.165) is 30.0 Å².